The van der Waals surface area contributed by atoms with E-state index in [1.165, 1.54) is 0 Å². The van der Waals surface area contributed by atoms with Gasteiger partial charge < -0.3 is 9.84 Å². The lowest BCUT2D eigenvalue weighted by molar-refractivity contribution is -0.147. The lowest BCUT2D eigenvalue weighted by atomic mass is 9.82. The van der Waals surface area contributed by atoms with E-state index in [0.717, 1.165) is 16.7 Å². The molecule has 0 aliphatic heterocycles. The highest BCUT2D eigenvalue weighted by Crippen LogP contribution is 2.35. The van der Waals surface area contributed by atoms with Gasteiger partial charge in [-0.25, -0.2) is 0 Å². The van der Waals surface area contributed by atoms with Crippen LogP contribution < -0.4 is 0 Å². The van der Waals surface area contributed by atoms with Gasteiger partial charge in [-0.2, -0.15) is 0 Å². The van der Waals surface area contributed by atoms with Gasteiger partial charge in [-0.3, -0.25) is 4.79 Å². The number of rotatable bonds is 6. The summed E-state index contributed by atoms with van der Waals surface area (Å²) in [4.78, 5) is 12.2. The van der Waals surface area contributed by atoms with Gasteiger partial charge in [-0.15, -0.1) is 0 Å². The summed E-state index contributed by atoms with van der Waals surface area (Å²) in [5, 5.41) is 11.5. The normalized spacial score (nSPS) is 13.0. The quantitative estimate of drug-likeness (QED) is 0.639. The second kappa shape index (κ2) is 8.19. The zero-order valence-corrected chi connectivity index (χ0v) is 15.7. The van der Waals surface area contributed by atoms with Crippen molar-refractivity contribution in [3.8, 4) is 11.1 Å². The molecular weight excluding hydrogens is 336 g/mol. The fourth-order valence-corrected chi connectivity index (χ4v) is 3.19. The molecule has 3 heteroatoms. The molecule has 0 aliphatic rings. The summed E-state index contributed by atoms with van der Waals surface area (Å²) in [5.74, 6) is -0.423. The maximum Gasteiger partial charge on any atom is 0.309 e. The molecule has 3 aromatic carbocycles. The van der Waals surface area contributed by atoms with Gasteiger partial charge in [0.05, 0.1) is 13.0 Å². The predicted molar refractivity (Wildman–Crippen MR) is 107 cm³/mol. The van der Waals surface area contributed by atoms with Crippen LogP contribution in [-0.4, -0.2) is 17.7 Å². The first-order chi connectivity index (χ1) is 13.0. The molecule has 0 heterocycles. The molecule has 0 amide bonds. The van der Waals surface area contributed by atoms with Gasteiger partial charge in [-0.05, 0) is 36.1 Å². The molecule has 1 atom stereocenters. The molecule has 0 spiro atoms. The van der Waals surface area contributed by atoms with Crippen molar-refractivity contribution in [2.24, 2.45) is 0 Å². The van der Waals surface area contributed by atoms with E-state index < -0.39 is 11.6 Å². The number of benzene rings is 3. The molecule has 27 heavy (non-hydrogen) atoms. The summed E-state index contributed by atoms with van der Waals surface area (Å²) in [6.07, 6.45) is -0.130. The van der Waals surface area contributed by atoms with Crippen LogP contribution in [0.15, 0.2) is 78.9 Å². The van der Waals surface area contributed by atoms with E-state index in [9.17, 15) is 9.90 Å². The zero-order valence-electron chi connectivity index (χ0n) is 15.7. The molecule has 0 aliphatic carbocycles. The fraction of sp³-hybridized carbons (Fsp3) is 0.208. The number of carbonyl (C=O) groups is 1. The monoisotopic (exact) mass is 360 g/mol. The summed E-state index contributed by atoms with van der Waals surface area (Å²) in [6.45, 7) is 4.04. The Balaban J connectivity index is 1.99. The minimum atomic E-state index is -1.44. The molecule has 0 radical (unpaired) electrons. The van der Waals surface area contributed by atoms with E-state index in [1.54, 1.807) is 6.92 Å². The highest BCUT2D eigenvalue weighted by Gasteiger charge is 2.35. The number of hydrogen-bond acceptors (Lipinski definition) is 3. The van der Waals surface area contributed by atoms with Gasteiger partial charge in [0.2, 0.25) is 0 Å². The lowest BCUT2D eigenvalue weighted by Gasteiger charge is -2.29. The largest absolute Gasteiger partial charge is 0.466 e. The Hall–Kier alpha value is -2.91. The summed E-state index contributed by atoms with van der Waals surface area (Å²) in [6, 6.07) is 25.3. The Kier molecular flexibility index (Phi) is 5.72. The first kappa shape index (κ1) is 18.9. The van der Waals surface area contributed by atoms with Crippen LogP contribution in [0.2, 0.25) is 0 Å². The van der Waals surface area contributed by atoms with E-state index in [1.807, 2.05) is 85.8 Å². The molecule has 1 N–H and O–H groups in total. The van der Waals surface area contributed by atoms with Crippen LogP contribution in [-0.2, 0) is 15.1 Å². The minimum absolute atomic E-state index is 0.130. The Morgan fingerprint density at radius 1 is 0.852 bits per heavy atom. The number of hydrogen-bond donors (Lipinski definition) is 1. The number of ether oxygens (including phenoxy) is 1. The SMILES string of the molecule is CCOC(=O)C[C@](O)(c1ccc(C)cc1)c1ccc(-c2ccccc2)cc1. The first-order valence-electron chi connectivity index (χ1n) is 9.14. The number of carbonyl (C=O) groups excluding carboxylic acids is 1. The topological polar surface area (TPSA) is 46.5 Å². The molecule has 0 saturated heterocycles. The van der Waals surface area contributed by atoms with E-state index >= 15 is 0 Å². The van der Waals surface area contributed by atoms with E-state index in [2.05, 4.69) is 0 Å². The van der Waals surface area contributed by atoms with Crippen LogP contribution in [0.4, 0.5) is 0 Å². The highest BCUT2D eigenvalue weighted by atomic mass is 16.5. The Labute approximate surface area is 160 Å². The van der Waals surface area contributed by atoms with Crippen molar-refractivity contribution >= 4 is 5.97 Å². The number of aryl methyl sites for hydroxylation is 1. The maximum absolute atomic E-state index is 12.2. The highest BCUT2D eigenvalue weighted by molar-refractivity contribution is 5.72. The Bertz CT molecular complexity index is 883. The molecule has 0 fully saturated rings. The van der Waals surface area contributed by atoms with Crippen LogP contribution in [0.3, 0.4) is 0 Å². The minimum Gasteiger partial charge on any atom is -0.466 e. The molecule has 3 nitrogen and oxygen atoms in total. The standard InChI is InChI=1S/C24H24O3/c1-3-27-23(25)17-24(26,21-13-9-18(2)10-14-21)22-15-11-20(12-16-22)19-7-5-4-6-8-19/h4-16,26H,3,17H2,1-2H3/t24-/m0/s1. The van der Waals surface area contributed by atoms with Gasteiger partial charge in [0.1, 0.15) is 5.60 Å². The van der Waals surface area contributed by atoms with Crippen LogP contribution in [0, 0.1) is 6.92 Å². The van der Waals surface area contributed by atoms with Gasteiger partial charge >= 0.3 is 5.97 Å². The molecule has 0 aromatic heterocycles. The predicted octanol–water partition coefficient (Wildman–Crippen LogP) is 4.85. The molecule has 0 unspecified atom stereocenters. The maximum atomic E-state index is 12.2. The van der Waals surface area contributed by atoms with Crippen molar-refractivity contribution in [2.75, 3.05) is 6.61 Å². The van der Waals surface area contributed by atoms with Gasteiger partial charge in [0, 0.05) is 0 Å². The third-order valence-electron chi connectivity index (χ3n) is 4.70. The van der Waals surface area contributed by atoms with E-state index in [4.69, 9.17) is 4.74 Å². The third-order valence-corrected chi connectivity index (χ3v) is 4.70. The average molecular weight is 360 g/mol. The van der Waals surface area contributed by atoms with Gasteiger partial charge in [0.15, 0.2) is 0 Å². The molecule has 138 valence electrons. The zero-order chi connectivity index (χ0) is 19.3. The second-order valence-electron chi connectivity index (χ2n) is 6.65. The van der Waals surface area contributed by atoms with Gasteiger partial charge in [0.25, 0.3) is 0 Å². The first-order valence-corrected chi connectivity index (χ1v) is 9.14. The van der Waals surface area contributed by atoms with Gasteiger partial charge in [-0.1, -0.05) is 84.4 Å². The smallest absolute Gasteiger partial charge is 0.309 e. The lowest BCUT2D eigenvalue weighted by Crippen LogP contribution is -2.31. The van der Waals surface area contributed by atoms with Crippen LogP contribution >= 0.6 is 0 Å². The summed E-state index contributed by atoms with van der Waals surface area (Å²) in [7, 11) is 0. The second-order valence-corrected chi connectivity index (χ2v) is 6.65. The van der Waals surface area contributed by atoms with Crippen molar-refractivity contribution in [1.29, 1.82) is 0 Å². The number of esters is 1. The summed E-state index contributed by atoms with van der Waals surface area (Å²) >= 11 is 0. The van der Waals surface area contributed by atoms with Crippen molar-refractivity contribution in [1.82, 2.24) is 0 Å². The fourth-order valence-electron chi connectivity index (χ4n) is 3.19. The van der Waals surface area contributed by atoms with Crippen molar-refractivity contribution in [3.05, 3.63) is 95.6 Å². The molecule has 3 rings (SSSR count). The molecular formula is C24H24O3. The number of aliphatic hydroxyl groups is 1. The summed E-state index contributed by atoms with van der Waals surface area (Å²) in [5.41, 5.74) is 3.16. The Morgan fingerprint density at radius 2 is 1.37 bits per heavy atom. The molecule has 0 saturated carbocycles. The average Bonchev–Trinajstić information content (AvgIpc) is 2.69. The molecule has 0 bridgehead atoms. The van der Waals surface area contributed by atoms with Crippen LogP contribution in [0.5, 0.6) is 0 Å². The van der Waals surface area contributed by atoms with Crippen LogP contribution in [0.25, 0.3) is 11.1 Å². The van der Waals surface area contributed by atoms with E-state index in [0.29, 0.717) is 11.1 Å². The van der Waals surface area contributed by atoms with Crippen molar-refractivity contribution in [2.45, 2.75) is 25.9 Å². The Morgan fingerprint density at radius 3 is 1.93 bits per heavy atom. The van der Waals surface area contributed by atoms with Crippen molar-refractivity contribution < 1.29 is 14.6 Å². The van der Waals surface area contributed by atoms with Crippen molar-refractivity contribution in [3.63, 3.8) is 0 Å². The van der Waals surface area contributed by atoms with Crippen LogP contribution in [0.1, 0.15) is 30.0 Å². The molecule has 3 aromatic rings. The summed E-state index contributed by atoms with van der Waals surface area (Å²) < 4.78 is 5.10. The third kappa shape index (κ3) is 4.26. The van der Waals surface area contributed by atoms with E-state index in [-0.39, 0.29) is 13.0 Å².